The van der Waals surface area contributed by atoms with Gasteiger partial charge in [0.25, 0.3) is 5.91 Å². The van der Waals surface area contributed by atoms with E-state index in [2.05, 4.69) is 5.32 Å². The van der Waals surface area contributed by atoms with Gasteiger partial charge in [0.15, 0.2) is 6.61 Å². The Morgan fingerprint density at radius 3 is 2.80 bits per heavy atom. The maximum Gasteiger partial charge on any atom is 0.262 e. The van der Waals surface area contributed by atoms with Crippen LogP contribution in [0.3, 0.4) is 0 Å². The molecule has 2 aromatic carbocycles. The lowest BCUT2D eigenvalue weighted by atomic mass is 10.2. The van der Waals surface area contributed by atoms with E-state index in [9.17, 15) is 9.59 Å². The topological polar surface area (TPSA) is 58.6 Å². The Balaban J connectivity index is 1.54. The van der Waals surface area contributed by atoms with Crippen LogP contribution in [0.5, 0.6) is 5.75 Å². The highest BCUT2D eigenvalue weighted by molar-refractivity contribution is 5.92. The zero-order chi connectivity index (χ0) is 17.6. The van der Waals surface area contributed by atoms with Gasteiger partial charge in [0.1, 0.15) is 5.75 Å². The average molecular weight is 338 g/mol. The predicted molar refractivity (Wildman–Crippen MR) is 96.4 cm³/mol. The minimum atomic E-state index is -0.212. The molecule has 0 spiro atoms. The molecule has 1 aliphatic heterocycles. The second kappa shape index (κ2) is 7.83. The van der Waals surface area contributed by atoms with E-state index in [-0.39, 0.29) is 18.4 Å². The summed E-state index contributed by atoms with van der Waals surface area (Å²) in [6.45, 7) is 3.32. The normalized spacial score (nSPS) is 13.8. The summed E-state index contributed by atoms with van der Waals surface area (Å²) >= 11 is 0. The number of benzene rings is 2. The molecule has 130 valence electrons. The molecule has 0 unspecified atom stereocenters. The molecule has 1 saturated heterocycles. The quantitative estimate of drug-likeness (QED) is 0.880. The number of ether oxygens (including phenoxy) is 1. The Labute approximate surface area is 147 Å². The summed E-state index contributed by atoms with van der Waals surface area (Å²) in [4.78, 5) is 25.7. The Kier molecular flexibility index (Phi) is 5.33. The van der Waals surface area contributed by atoms with Crippen LogP contribution in [0.25, 0.3) is 0 Å². The minimum Gasteiger partial charge on any atom is -0.484 e. The number of aryl methyl sites for hydroxylation is 1. The van der Waals surface area contributed by atoms with Gasteiger partial charge in [-0.25, -0.2) is 0 Å². The third-order valence-corrected chi connectivity index (χ3v) is 4.12. The number of amides is 2. The second-order valence-electron chi connectivity index (χ2n) is 6.27. The Hall–Kier alpha value is -2.82. The molecule has 0 radical (unpaired) electrons. The average Bonchev–Trinajstić information content (AvgIpc) is 2.98. The molecule has 0 aliphatic carbocycles. The summed E-state index contributed by atoms with van der Waals surface area (Å²) in [5, 5.41) is 2.84. The molecule has 5 nitrogen and oxygen atoms in total. The maximum atomic E-state index is 12.1. The van der Waals surface area contributed by atoms with Gasteiger partial charge in [-0.3, -0.25) is 9.59 Å². The van der Waals surface area contributed by atoms with Gasteiger partial charge in [-0.1, -0.05) is 24.3 Å². The molecule has 1 heterocycles. The summed E-state index contributed by atoms with van der Waals surface area (Å²) in [6.07, 6.45) is 1.55. The zero-order valence-electron chi connectivity index (χ0n) is 14.3. The highest BCUT2D eigenvalue weighted by Crippen LogP contribution is 2.17. The third-order valence-electron chi connectivity index (χ3n) is 4.12. The number of anilines is 1. The van der Waals surface area contributed by atoms with Crippen molar-refractivity contribution in [2.24, 2.45) is 0 Å². The van der Waals surface area contributed by atoms with Gasteiger partial charge in [-0.05, 0) is 48.7 Å². The SMILES string of the molecule is Cc1cccc(OCC(=O)Nc2cccc(CN3CCCC3=O)c2)c1. The molecule has 1 fully saturated rings. The van der Waals surface area contributed by atoms with Crippen LogP contribution in [0.2, 0.25) is 0 Å². The largest absolute Gasteiger partial charge is 0.484 e. The van der Waals surface area contributed by atoms with Crippen molar-refractivity contribution in [2.45, 2.75) is 26.3 Å². The Morgan fingerprint density at radius 2 is 2.04 bits per heavy atom. The van der Waals surface area contributed by atoms with Crippen LogP contribution in [0.15, 0.2) is 48.5 Å². The first-order chi connectivity index (χ1) is 12.1. The molecular weight excluding hydrogens is 316 g/mol. The second-order valence-corrected chi connectivity index (χ2v) is 6.27. The standard InChI is InChI=1S/C20H22N2O3/c1-15-5-2-8-18(11-15)25-14-19(23)21-17-7-3-6-16(12-17)13-22-10-4-9-20(22)24/h2-3,5-8,11-12H,4,9-10,13-14H2,1H3,(H,21,23). The van der Waals surface area contributed by atoms with Crippen LogP contribution in [0.1, 0.15) is 24.0 Å². The number of likely N-dealkylation sites (tertiary alicyclic amines) is 1. The summed E-state index contributed by atoms with van der Waals surface area (Å²) in [7, 11) is 0. The Bertz CT molecular complexity index is 773. The molecule has 1 N–H and O–H groups in total. The fraction of sp³-hybridized carbons (Fsp3) is 0.300. The van der Waals surface area contributed by atoms with E-state index in [1.807, 2.05) is 60.4 Å². The molecular formula is C20H22N2O3. The lowest BCUT2D eigenvalue weighted by Gasteiger charge is -2.16. The lowest BCUT2D eigenvalue weighted by molar-refractivity contribution is -0.128. The van der Waals surface area contributed by atoms with Crippen LogP contribution in [-0.2, 0) is 16.1 Å². The molecule has 0 saturated carbocycles. The minimum absolute atomic E-state index is 0.0434. The van der Waals surface area contributed by atoms with E-state index in [0.29, 0.717) is 24.4 Å². The van der Waals surface area contributed by atoms with Crippen molar-refractivity contribution in [3.63, 3.8) is 0 Å². The van der Waals surface area contributed by atoms with Crippen LogP contribution in [0.4, 0.5) is 5.69 Å². The number of carbonyl (C=O) groups is 2. The van der Waals surface area contributed by atoms with Crippen LogP contribution >= 0.6 is 0 Å². The van der Waals surface area contributed by atoms with E-state index in [0.717, 1.165) is 24.1 Å². The first kappa shape index (κ1) is 17.0. The van der Waals surface area contributed by atoms with E-state index >= 15 is 0 Å². The zero-order valence-corrected chi connectivity index (χ0v) is 14.3. The van der Waals surface area contributed by atoms with Gasteiger partial charge in [0.2, 0.25) is 5.91 Å². The van der Waals surface area contributed by atoms with E-state index in [4.69, 9.17) is 4.74 Å². The molecule has 0 bridgehead atoms. The summed E-state index contributed by atoms with van der Waals surface area (Å²) in [5.41, 5.74) is 2.80. The first-order valence-electron chi connectivity index (χ1n) is 8.46. The number of hydrogen-bond donors (Lipinski definition) is 1. The smallest absolute Gasteiger partial charge is 0.262 e. The van der Waals surface area contributed by atoms with Crippen molar-refractivity contribution in [1.29, 1.82) is 0 Å². The number of nitrogens with zero attached hydrogens (tertiary/aromatic N) is 1. The van der Waals surface area contributed by atoms with Gasteiger partial charge in [0.05, 0.1) is 0 Å². The highest BCUT2D eigenvalue weighted by atomic mass is 16.5. The monoisotopic (exact) mass is 338 g/mol. The number of carbonyl (C=O) groups excluding carboxylic acids is 2. The maximum absolute atomic E-state index is 12.1. The fourth-order valence-electron chi connectivity index (χ4n) is 2.89. The first-order valence-corrected chi connectivity index (χ1v) is 8.46. The molecule has 0 atom stereocenters. The van der Waals surface area contributed by atoms with Crippen LogP contribution in [-0.4, -0.2) is 29.9 Å². The van der Waals surface area contributed by atoms with Crippen LogP contribution in [0, 0.1) is 6.92 Å². The summed E-state index contributed by atoms with van der Waals surface area (Å²) in [6, 6.07) is 15.2. The molecule has 25 heavy (non-hydrogen) atoms. The van der Waals surface area contributed by atoms with Gasteiger partial charge >= 0.3 is 0 Å². The number of rotatable bonds is 6. The van der Waals surface area contributed by atoms with Crippen molar-refractivity contribution in [2.75, 3.05) is 18.5 Å². The molecule has 0 aromatic heterocycles. The van der Waals surface area contributed by atoms with E-state index < -0.39 is 0 Å². The van der Waals surface area contributed by atoms with E-state index in [1.165, 1.54) is 0 Å². The van der Waals surface area contributed by atoms with Crippen molar-refractivity contribution in [1.82, 2.24) is 4.90 Å². The van der Waals surface area contributed by atoms with Crippen LogP contribution < -0.4 is 10.1 Å². The van der Waals surface area contributed by atoms with Crippen molar-refractivity contribution in [3.05, 3.63) is 59.7 Å². The fourth-order valence-corrected chi connectivity index (χ4v) is 2.89. The third kappa shape index (κ3) is 4.83. The molecule has 1 aliphatic rings. The molecule has 2 aromatic rings. The van der Waals surface area contributed by atoms with Gasteiger partial charge in [-0.15, -0.1) is 0 Å². The molecule has 3 rings (SSSR count). The van der Waals surface area contributed by atoms with Gasteiger partial charge in [-0.2, -0.15) is 0 Å². The van der Waals surface area contributed by atoms with Crippen molar-refractivity contribution < 1.29 is 14.3 Å². The number of hydrogen-bond acceptors (Lipinski definition) is 3. The van der Waals surface area contributed by atoms with Gasteiger partial charge in [0, 0.05) is 25.2 Å². The van der Waals surface area contributed by atoms with Crippen molar-refractivity contribution in [3.8, 4) is 5.75 Å². The summed E-state index contributed by atoms with van der Waals surface area (Å²) < 4.78 is 5.51. The Morgan fingerprint density at radius 1 is 1.20 bits per heavy atom. The predicted octanol–water partition coefficient (Wildman–Crippen LogP) is 3.13. The molecule has 5 heteroatoms. The highest BCUT2D eigenvalue weighted by Gasteiger charge is 2.20. The number of nitrogens with one attached hydrogen (secondary N) is 1. The van der Waals surface area contributed by atoms with E-state index in [1.54, 1.807) is 0 Å². The van der Waals surface area contributed by atoms with Crippen molar-refractivity contribution >= 4 is 17.5 Å². The molecule has 2 amide bonds. The van der Waals surface area contributed by atoms with Gasteiger partial charge < -0.3 is 15.0 Å². The lowest BCUT2D eigenvalue weighted by Crippen LogP contribution is -2.24. The summed E-state index contributed by atoms with van der Waals surface area (Å²) in [5.74, 6) is 0.661.